The van der Waals surface area contributed by atoms with E-state index in [1.165, 1.54) is 4.57 Å². The molecule has 0 saturated carbocycles. The van der Waals surface area contributed by atoms with E-state index in [4.69, 9.17) is 5.11 Å². The number of carbonyl (C=O) groups is 1. The quantitative estimate of drug-likeness (QED) is 0.808. The molecule has 0 aliphatic carbocycles. The minimum absolute atomic E-state index is 0.200. The summed E-state index contributed by atoms with van der Waals surface area (Å²) in [4.78, 5) is 21.7. The molecule has 0 atom stereocenters. The Kier molecular flexibility index (Phi) is 2.80. The van der Waals surface area contributed by atoms with Gasteiger partial charge >= 0.3 is 10.8 Å². The lowest BCUT2D eigenvalue weighted by atomic mass is 9.93. The SMILES string of the molecule is CC(C)(C)c1csc(=O)n1CC(=O)O. The lowest BCUT2D eigenvalue weighted by Crippen LogP contribution is -2.26. The van der Waals surface area contributed by atoms with Gasteiger partial charge in [0.1, 0.15) is 6.54 Å². The molecule has 0 fully saturated rings. The van der Waals surface area contributed by atoms with Crippen molar-refractivity contribution in [2.75, 3.05) is 0 Å². The van der Waals surface area contributed by atoms with E-state index in [1.54, 1.807) is 5.38 Å². The molecule has 1 aromatic rings. The highest BCUT2D eigenvalue weighted by atomic mass is 32.1. The van der Waals surface area contributed by atoms with Crippen molar-refractivity contribution in [2.24, 2.45) is 0 Å². The second-order valence-corrected chi connectivity index (χ2v) is 4.94. The average Bonchev–Trinajstić information content (AvgIpc) is 2.30. The maximum atomic E-state index is 11.3. The summed E-state index contributed by atoms with van der Waals surface area (Å²) >= 11 is 1.04. The van der Waals surface area contributed by atoms with Crippen LogP contribution in [0.5, 0.6) is 0 Å². The topological polar surface area (TPSA) is 59.3 Å². The molecule has 1 N–H and O–H groups in total. The molecule has 0 radical (unpaired) electrons. The number of hydrogen-bond donors (Lipinski definition) is 1. The molecular weight excluding hydrogens is 202 g/mol. The maximum absolute atomic E-state index is 11.3. The highest BCUT2D eigenvalue weighted by molar-refractivity contribution is 7.07. The highest BCUT2D eigenvalue weighted by Crippen LogP contribution is 2.22. The van der Waals surface area contributed by atoms with E-state index in [0.717, 1.165) is 17.0 Å². The molecule has 1 aromatic heterocycles. The molecule has 14 heavy (non-hydrogen) atoms. The van der Waals surface area contributed by atoms with Gasteiger partial charge in [-0.15, -0.1) is 0 Å². The van der Waals surface area contributed by atoms with Crippen LogP contribution in [0.4, 0.5) is 0 Å². The number of thiazole rings is 1. The second-order valence-electron chi connectivity index (χ2n) is 4.12. The van der Waals surface area contributed by atoms with Crippen LogP contribution >= 0.6 is 11.3 Å². The van der Waals surface area contributed by atoms with Crippen molar-refractivity contribution in [2.45, 2.75) is 32.7 Å². The van der Waals surface area contributed by atoms with Crippen molar-refractivity contribution in [3.63, 3.8) is 0 Å². The first kappa shape index (κ1) is 11.0. The molecule has 0 aromatic carbocycles. The summed E-state index contributed by atoms with van der Waals surface area (Å²) in [6, 6.07) is 0. The van der Waals surface area contributed by atoms with Crippen molar-refractivity contribution in [1.29, 1.82) is 0 Å². The number of nitrogens with zero attached hydrogens (tertiary/aromatic N) is 1. The first-order valence-electron chi connectivity index (χ1n) is 4.23. The van der Waals surface area contributed by atoms with Crippen LogP contribution in [0.2, 0.25) is 0 Å². The average molecular weight is 215 g/mol. The standard InChI is InChI=1S/C9H13NO3S/c1-9(2,3)6-5-14-8(13)10(6)4-7(11)12/h5H,4H2,1-3H3,(H,11,12). The lowest BCUT2D eigenvalue weighted by molar-refractivity contribution is -0.137. The number of hydrogen-bond acceptors (Lipinski definition) is 3. The van der Waals surface area contributed by atoms with Crippen molar-refractivity contribution < 1.29 is 9.90 Å². The summed E-state index contributed by atoms with van der Waals surface area (Å²) in [5.74, 6) is -0.990. The Labute approximate surface area is 85.8 Å². The van der Waals surface area contributed by atoms with Gasteiger partial charge in [0.25, 0.3) is 0 Å². The van der Waals surface area contributed by atoms with Crippen LogP contribution in [0.15, 0.2) is 10.2 Å². The minimum atomic E-state index is -0.990. The molecule has 5 heteroatoms. The van der Waals surface area contributed by atoms with Crippen molar-refractivity contribution >= 4 is 17.3 Å². The third kappa shape index (κ3) is 2.23. The maximum Gasteiger partial charge on any atom is 0.323 e. The second kappa shape index (κ2) is 3.57. The van der Waals surface area contributed by atoms with Crippen molar-refractivity contribution in [3.8, 4) is 0 Å². The van der Waals surface area contributed by atoms with Gasteiger partial charge in [-0.25, -0.2) is 0 Å². The molecule has 0 unspecified atom stereocenters. The van der Waals surface area contributed by atoms with Crippen LogP contribution in [-0.4, -0.2) is 15.6 Å². The predicted octanol–water partition coefficient (Wildman–Crippen LogP) is 1.29. The minimum Gasteiger partial charge on any atom is -0.480 e. The zero-order valence-electron chi connectivity index (χ0n) is 8.40. The van der Waals surface area contributed by atoms with E-state index in [-0.39, 0.29) is 16.8 Å². The summed E-state index contributed by atoms with van der Waals surface area (Å²) in [6.07, 6.45) is 0. The molecule has 0 aliphatic rings. The van der Waals surface area contributed by atoms with Crippen LogP contribution in [0.1, 0.15) is 26.5 Å². The molecule has 0 saturated heterocycles. The van der Waals surface area contributed by atoms with Crippen LogP contribution in [-0.2, 0) is 16.8 Å². The van der Waals surface area contributed by atoms with Crippen LogP contribution < -0.4 is 4.87 Å². The van der Waals surface area contributed by atoms with Crippen molar-refractivity contribution in [1.82, 2.24) is 4.57 Å². The van der Waals surface area contributed by atoms with Gasteiger partial charge in [-0.2, -0.15) is 0 Å². The van der Waals surface area contributed by atoms with Crippen LogP contribution in [0, 0.1) is 0 Å². The Bertz CT molecular complexity index is 397. The van der Waals surface area contributed by atoms with Gasteiger partial charge in [0, 0.05) is 16.5 Å². The van der Waals surface area contributed by atoms with Gasteiger partial charge in [-0.1, -0.05) is 32.1 Å². The van der Waals surface area contributed by atoms with Gasteiger partial charge in [-0.05, 0) is 0 Å². The Hall–Kier alpha value is -1.10. The van der Waals surface area contributed by atoms with Gasteiger partial charge in [0.05, 0.1) is 0 Å². The van der Waals surface area contributed by atoms with E-state index < -0.39 is 5.97 Å². The predicted molar refractivity (Wildman–Crippen MR) is 54.9 cm³/mol. The highest BCUT2D eigenvalue weighted by Gasteiger charge is 2.21. The number of aliphatic carboxylic acids is 1. The fourth-order valence-electron chi connectivity index (χ4n) is 1.20. The molecule has 0 aliphatic heterocycles. The molecule has 78 valence electrons. The summed E-state index contributed by atoms with van der Waals surface area (Å²) in [6.45, 7) is 5.60. The fourth-order valence-corrected chi connectivity index (χ4v) is 2.18. The Morgan fingerprint density at radius 1 is 1.57 bits per heavy atom. The summed E-state index contributed by atoms with van der Waals surface area (Å²) in [5.41, 5.74) is 0.573. The molecule has 1 heterocycles. The van der Waals surface area contributed by atoms with Crippen molar-refractivity contribution in [3.05, 3.63) is 20.7 Å². The normalized spacial score (nSPS) is 11.6. The number of rotatable bonds is 2. The molecule has 0 amide bonds. The number of carboxylic acid groups (broad SMARTS) is 1. The molecule has 4 nitrogen and oxygen atoms in total. The Morgan fingerprint density at radius 3 is 2.57 bits per heavy atom. The number of carboxylic acids is 1. The van der Waals surface area contributed by atoms with Crippen LogP contribution in [0.3, 0.4) is 0 Å². The van der Waals surface area contributed by atoms with E-state index in [9.17, 15) is 9.59 Å². The smallest absolute Gasteiger partial charge is 0.323 e. The largest absolute Gasteiger partial charge is 0.480 e. The van der Waals surface area contributed by atoms with E-state index in [1.807, 2.05) is 20.8 Å². The fraction of sp³-hybridized carbons (Fsp3) is 0.556. The third-order valence-corrected chi connectivity index (χ3v) is 2.61. The van der Waals surface area contributed by atoms with Gasteiger partial charge in [0.15, 0.2) is 0 Å². The molecular formula is C9H13NO3S. The van der Waals surface area contributed by atoms with Crippen LogP contribution in [0.25, 0.3) is 0 Å². The van der Waals surface area contributed by atoms with E-state index >= 15 is 0 Å². The monoisotopic (exact) mass is 215 g/mol. The first-order valence-corrected chi connectivity index (χ1v) is 5.11. The van der Waals surface area contributed by atoms with E-state index in [2.05, 4.69) is 0 Å². The number of aromatic nitrogens is 1. The lowest BCUT2D eigenvalue weighted by Gasteiger charge is -2.19. The van der Waals surface area contributed by atoms with Gasteiger partial charge in [0.2, 0.25) is 0 Å². The molecule has 1 rings (SSSR count). The Morgan fingerprint density at radius 2 is 2.14 bits per heavy atom. The zero-order chi connectivity index (χ0) is 10.9. The molecule has 0 spiro atoms. The molecule has 0 bridgehead atoms. The first-order chi connectivity index (χ1) is 6.32. The zero-order valence-corrected chi connectivity index (χ0v) is 9.22. The summed E-state index contributed by atoms with van der Waals surface area (Å²) < 4.78 is 1.31. The summed E-state index contributed by atoms with van der Waals surface area (Å²) in [7, 11) is 0. The Balaban J connectivity index is 3.20. The van der Waals surface area contributed by atoms with E-state index in [0.29, 0.717) is 0 Å². The van der Waals surface area contributed by atoms with Gasteiger partial charge < -0.3 is 5.11 Å². The van der Waals surface area contributed by atoms with Gasteiger partial charge in [-0.3, -0.25) is 14.2 Å². The summed E-state index contributed by atoms with van der Waals surface area (Å²) in [5, 5.41) is 10.4. The third-order valence-electron chi connectivity index (χ3n) is 1.84.